The van der Waals surface area contributed by atoms with Crippen LogP contribution in [0.2, 0.25) is 0 Å². The van der Waals surface area contributed by atoms with E-state index in [0.717, 1.165) is 30.7 Å². The van der Waals surface area contributed by atoms with Crippen LogP contribution < -0.4 is 10.5 Å². The first kappa shape index (κ1) is 15.6. The molecule has 4 nitrogen and oxygen atoms in total. The minimum Gasteiger partial charge on any atom is -0.497 e. The van der Waals surface area contributed by atoms with Crippen molar-refractivity contribution in [2.24, 2.45) is 5.73 Å². The number of hydrogen-bond acceptors (Lipinski definition) is 3. The average molecular weight is 310 g/mol. The van der Waals surface area contributed by atoms with Gasteiger partial charge in [0.25, 0.3) is 0 Å². The molecule has 1 aliphatic heterocycles. The second-order valence-corrected chi connectivity index (χ2v) is 5.88. The summed E-state index contributed by atoms with van der Waals surface area (Å²) in [4.78, 5) is 14.3. The maximum absolute atomic E-state index is 12.1. The van der Waals surface area contributed by atoms with Gasteiger partial charge in [0, 0.05) is 6.04 Å². The third kappa shape index (κ3) is 3.22. The summed E-state index contributed by atoms with van der Waals surface area (Å²) >= 11 is 0. The van der Waals surface area contributed by atoms with Crippen LogP contribution in [-0.2, 0) is 4.79 Å². The standard InChI is InChI=1S/C19H22N2O2/c1-23-16-11-9-14(10-12-16)17-8-5-13-21(17)18(19(20)22)15-6-3-2-4-7-15/h2-4,6-7,9-12,17-18H,5,8,13H2,1H3,(H2,20,22)/t17-,18-/m1/s1. The molecule has 0 unspecified atom stereocenters. The number of carbonyl (C=O) groups is 1. The summed E-state index contributed by atoms with van der Waals surface area (Å²) in [5, 5.41) is 0. The van der Waals surface area contributed by atoms with Gasteiger partial charge in [0.1, 0.15) is 11.8 Å². The summed E-state index contributed by atoms with van der Waals surface area (Å²) in [6.07, 6.45) is 2.09. The van der Waals surface area contributed by atoms with E-state index in [9.17, 15) is 4.79 Å². The number of rotatable bonds is 5. The van der Waals surface area contributed by atoms with Crippen LogP contribution in [-0.4, -0.2) is 24.5 Å². The van der Waals surface area contributed by atoms with Crippen LogP contribution in [0.15, 0.2) is 54.6 Å². The van der Waals surface area contributed by atoms with Gasteiger partial charge in [-0.25, -0.2) is 0 Å². The molecule has 0 aromatic heterocycles. The summed E-state index contributed by atoms with van der Waals surface area (Å²) in [6.45, 7) is 0.874. The minimum absolute atomic E-state index is 0.207. The van der Waals surface area contributed by atoms with E-state index in [1.54, 1.807) is 7.11 Å². The molecule has 2 aromatic carbocycles. The number of amides is 1. The summed E-state index contributed by atoms with van der Waals surface area (Å²) in [5.74, 6) is 0.546. The van der Waals surface area contributed by atoms with Crippen molar-refractivity contribution in [3.05, 3.63) is 65.7 Å². The van der Waals surface area contributed by atoms with Gasteiger partial charge in [-0.3, -0.25) is 9.69 Å². The lowest BCUT2D eigenvalue weighted by atomic mass is 9.99. The van der Waals surface area contributed by atoms with E-state index in [1.165, 1.54) is 5.56 Å². The molecule has 23 heavy (non-hydrogen) atoms. The van der Waals surface area contributed by atoms with E-state index in [0.29, 0.717) is 0 Å². The predicted octanol–water partition coefficient (Wildman–Crippen LogP) is 3.06. The van der Waals surface area contributed by atoms with Gasteiger partial charge in [-0.1, -0.05) is 42.5 Å². The van der Waals surface area contributed by atoms with Crippen LogP contribution in [0.4, 0.5) is 0 Å². The second-order valence-electron chi connectivity index (χ2n) is 5.88. The Bertz CT molecular complexity index is 655. The van der Waals surface area contributed by atoms with E-state index < -0.39 is 0 Å². The van der Waals surface area contributed by atoms with Crippen molar-refractivity contribution < 1.29 is 9.53 Å². The SMILES string of the molecule is COc1ccc([C@H]2CCCN2[C@@H](C(N)=O)c2ccccc2)cc1. The molecule has 4 heteroatoms. The Morgan fingerprint density at radius 3 is 2.48 bits per heavy atom. The van der Waals surface area contributed by atoms with Crippen molar-refractivity contribution in [3.8, 4) is 5.75 Å². The van der Waals surface area contributed by atoms with Gasteiger partial charge in [-0.2, -0.15) is 0 Å². The van der Waals surface area contributed by atoms with Gasteiger partial charge < -0.3 is 10.5 Å². The number of ether oxygens (including phenoxy) is 1. The highest BCUT2D eigenvalue weighted by atomic mass is 16.5. The zero-order valence-corrected chi connectivity index (χ0v) is 13.3. The Morgan fingerprint density at radius 2 is 1.87 bits per heavy atom. The van der Waals surface area contributed by atoms with Crippen molar-refractivity contribution in [3.63, 3.8) is 0 Å². The smallest absolute Gasteiger partial charge is 0.239 e. The van der Waals surface area contributed by atoms with Crippen molar-refractivity contribution in [1.82, 2.24) is 4.90 Å². The molecule has 0 saturated carbocycles. The molecule has 1 heterocycles. The first-order valence-electron chi connectivity index (χ1n) is 7.94. The Morgan fingerprint density at radius 1 is 1.17 bits per heavy atom. The Hall–Kier alpha value is -2.33. The molecule has 0 spiro atoms. The largest absolute Gasteiger partial charge is 0.497 e. The number of benzene rings is 2. The maximum Gasteiger partial charge on any atom is 0.239 e. The Balaban J connectivity index is 1.90. The molecule has 2 N–H and O–H groups in total. The van der Waals surface area contributed by atoms with E-state index >= 15 is 0 Å². The summed E-state index contributed by atoms with van der Waals surface area (Å²) in [5.41, 5.74) is 7.89. The van der Waals surface area contributed by atoms with Crippen molar-refractivity contribution in [1.29, 1.82) is 0 Å². The molecule has 1 fully saturated rings. The van der Waals surface area contributed by atoms with Gasteiger partial charge in [0.15, 0.2) is 0 Å². The summed E-state index contributed by atoms with van der Waals surface area (Å²) < 4.78 is 5.23. The monoisotopic (exact) mass is 310 g/mol. The highest BCUT2D eigenvalue weighted by Gasteiger charge is 2.35. The zero-order valence-electron chi connectivity index (χ0n) is 13.3. The molecule has 0 radical (unpaired) electrons. The quantitative estimate of drug-likeness (QED) is 0.923. The molecule has 0 bridgehead atoms. The minimum atomic E-state index is -0.384. The van der Waals surface area contributed by atoms with Gasteiger partial charge in [0.2, 0.25) is 5.91 Å². The van der Waals surface area contributed by atoms with Gasteiger partial charge in [-0.15, -0.1) is 0 Å². The number of nitrogens with zero attached hydrogens (tertiary/aromatic N) is 1. The molecule has 1 aliphatic rings. The molecule has 1 amide bonds. The zero-order chi connectivity index (χ0) is 16.2. The van der Waals surface area contributed by atoms with Crippen LogP contribution in [0.1, 0.15) is 36.1 Å². The van der Waals surface area contributed by atoms with Crippen molar-refractivity contribution in [2.45, 2.75) is 24.9 Å². The molecular formula is C19H22N2O2. The fourth-order valence-corrected chi connectivity index (χ4v) is 3.44. The highest BCUT2D eigenvalue weighted by molar-refractivity contribution is 5.81. The summed E-state index contributed by atoms with van der Waals surface area (Å²) in [6, 6.07) is 17.7. The van der Waals surface area contributed by atoms with E-state index in [-0.39, 0.29) is 18.0 Å². The Labute approximate surface area is 136 Å². The predicted molar refractivity (Wildman–Crippen MR) is 90.1 cm³/mol. The van der Waals surface area contributed by atoms with Crippen molar-refractivity contribution in [2.75, 3.05) is 13.7 Å². The van der Waals surface area contributed by atoms with Crippen LogP contribution in [0.5, 0.6) is 5.75 Å². The van der Waals surface area contributed by atoms with E-state index in [1.807, 2.05) is 42.5 Å². The fourth-order valence-electron chi connectivity index (χ4n) is 3.44. The molecule has 1 saturated heterocycles. The fraction of sp³-hybridized carbons (Fsp3) is 0.316. The molecular weight excluding hydrogens is 288 g/mol. The van der Waals surface area contributed by atoms with E-state index in [2.05, 4.69) is 17.0 Å². The molecule has 2 atom stereocenters. The van der Waals surface area contributed by atoms with Gasteiger partial charge >= 0.3 is 0 Å². The topological polar surface area (TPSA) is 55.6 Å². The average Bonchev–Trinajstić information content (AvgIpc) is 3.05. The molecule has 2 aromatic rings. The third-order valence-electron chi connectivity index (χ3n) is 4.51. The van der Waals surface area contributed by atoms with Crippen molar-refractivity contribution >= 4 is 5.91 Å². The highest BCUT2D eigenvalue weighted by Crippen LogP contribution is 2.38. The number of likely N-dealkylation sites (tertiary alicyclic amines) is 1. The number of methoxy groups -OCH3 is 1. The molecule has 120 valence electrons. The lowest BCUT2D eigenvalue weighted by molar-refractivity contribution is -0.123. The number of carbonyl (C=O) groups excluding carboxylic acids is 1. The lowest BCUT2D eigenvalue weighted by Crippen LogP contribution is -2.37. The number of primary amides is 1. The van der Waals surface area contributed by atoms with Gasteiger partial charge in [-0.05, 0) is 42.6 Å². The first-order chi connectivity index (χ1) is 11.2. The second kappa shape index (κ2) is 6.84. The third-order valence-corrected chi connectivity index (χ3v) is 4.51. The first-order valence-corrected chi connectivity index (χ1v) is 7.94. The Kier molecular flexibility index (Phi) is 4.63. The lowest BCUT2D eigenvalue weighted by Gasteiger charge is -2.31. The summed E-state index contributed by atoms with van der Waals surface area (Å²) in [7, 11) is 1.66. The van der Waals surface area contributed by atoms with Crippen LogP contribution in [0, 0.1) is 0 Å². The molecule has 3 rings (SSSR count). The van der Waals surface area contributed by atoms with Crippen LogP contribution in [0.25, 0.3) is 0 Å². The maximum atomic E-state index is 12.1. The number of hydrogen-bond donors (Lipinski definition) is 1. The number of nitrogens with two attached hydrogens (primary N) is 1. The molecule has 0 aliphatic carbocycles. The van der Waals surface area contributed by atoms with Crippen LogP contribution in [0.3, 0.4) is 0 Å². The van der Waals surface area contributed by atoms with Crippen LogP contribution >= 0.6 is 0 Å². The van der Waals surface area contributed by atoms with E-state index in [4.69, 9.17) is 10.5 Å². The normalized spacial score (nSPS) is 19.4. The van der Waals surface area contributed by atoms with Gasteiger partial charge in [0.05, 0.1) is 7.11 Å².